The van der Waals surface area contributed by atoms with Gasteiger partial charge in [0.05, 0.1) is 6.20 Å². The molecule has 0 radical (unpaired) electrons. The van der Waals surface area contributed by atoms with Crippen molar-refractivity contribution in [3.63, 3.8) is 0 Å². The molecule has 1 aliphatic heterocycles. The number of rotatable bonds is 5. The third-order valence-corrected chi connectivity index (χ3v) is 7.79. The summed E-state index contributed by atoms with van der Waals surface area (Å²) in [6.07, 6.45) is 11.0. The van der Waals surface area contributed by atoms with E-state index in [-0.39, 0.29) is 11.7 Å². The van der Waals surface area contributed by atoms with Gasteiger partial charge in [-0.1, -0.05) is 30.3 Å². The van der Waals surface area contributed by atoms with Crippen LogP contribution in [0.2, 0.25) is 0 Å². The summed E-state index contributed by atoms with van der Waals surface area (Å²) in [5, 5.41) is 0.920. The quantitative estimate of drug-likeness (QED) is 0.535. The predicted octanol–water partition coefficient (Wildman–Crippen LogP) is 5.06. The summed E-state index contributed by atoms with van der Waals surface area (Å²) in [4.78, 5) is 31.8. The highest BCUT2D eigenvalue weighted by atomic mass is 16.3. The molecule has 1 spiro atoms. The van der Waals surface area contributed by atoms with Crippen molar-refractivity contribution in [2.45, 2.75) is 38.5 Å². The number of allylic oxidation sites excluding steroid dienone is 1. The number of hydrogen-bond donors (Lipinski definition) is 0. The van der Waals surface area contributed by atoms with Gasteiger partial charge in [-0.2, -0.15) is 0 Å². The highest BCUT2D eigenvalue weighted by molar-refractivity contribution is 6.20. The van der Waals surface area contributed by atoms with Crippen LogP contribution in [0.5, 0.6) is 0 Å². The molecule has 1 saturated heterocycles. The molecule has 3 aromatic rings. The second kappa shape index (κ2) is 7.44. The van der Waals surface area contributed by atoms with Crippen LogP contribution >= 0.6 is 0 Å². The molecule has 32 heavy (non-hydrogen) atoms. The number of Topliss-reactive ketones (excluding diaryl/α,β-unsaturated/α-hetero) is 1. The maximum atomic E-state index is 13.1. The smallest absolute Gasteiger partial charge is 0.254 e. The van der Waals surface area contributed by atoms with Crippen molar-refractivity contribution in [1.82, 2.24) is 9.88 Å². The Morgan fingerprint density at radius 3 is 2.84 bits per heavy atom. The first-order valence-electron chi connectivity index (χ1n) is 11.6. The SMILES string of the molecule is O=C(CCC1CC12CCN(C(=O)C1=CCc3ccccc31)CC2)c1cc2ccncc2o1. The Labute approximate surface area is 187 Å². The zero-order chi connectivity index (χ0) is 21.7. The molecule has 1 atom stereocenters. The predicted molar refractivity (Wildman–Crippen MR) is 122 cm³/mol. The normalized spacial score (nSPS) is 20.9. The molecule has 162 valence electrons. The number of nitrogens with zero attached hydrogens (tertiary/aromatic N) is 2. The summed E-state index contributed by atoms with van der Waals surface area (Å²) in [6.45, 7) is 1.64. The van der Waals surface area contributed by atoms with Gasteiger partial charge in [-0.15, -0.1) is 0 Å². The zero-order valence-electron chi connectivity index (χ0n) is 18.0. The van der Waals surface area contributed by atoms with Crippen molar-refractivity contribution in [1.29, 1.82) is 0 Å². The van der Waals surface area contributed by atoms with Crippen LogP contribution in [0, 0.1) is 11.3 Å². The molecule has 2 aromatic heterocycles. The molecule has 5 nitrogen and oxygen atoms in total. The molecule has 6 rings (SSSR count). The van der Waals surface area contributed by atoms with Gasteiger partial charge in [-0.25, -0.2) is 0 Å². The van der Waals surface area contributed by atoms with Crippen molar-refractivity contribution in [3.05, 3.63) is 71.8 Å². The molecule has 3 heterocycles. The number of carbonyl (C=O) groups excluding carboxylic acids is 2. The van der Waals surface area contributed by atoms with E-state index in [2.05, 4.69) is 23.2 Å². The molecule has 1 amide bonds. The second-order valence-corrected chi connectivity index (χ2v) is 9.52. The Balaban J connectivity index is 1.03. The molecule has 2 fully saturated rings. The fraction of sp³-hybridized carbons (Fsp3) is 0.370. The summed E-state index contributed by atoms with van der Waals surface area (Å²) in [7, 11) is 0. The van der Waals surface area contributed by atoms with Gasteiger partial charge in [-0.05, 0) is 66.7 Å². The number of ketones is 1. The largest absolute Gasteiger partial charge is 0.451 e. The molecule has 1 unspecified atom stereocenters. The number of piperidine rings is 1. The lowest BCUT2D eigenvalue weighted by atomic mass is 9.89. The van der Waals surface area contributed by atoms with Gasteiger partial charge in [0, 0.05) is 36.7 Å². The third kappa shape index (κ3) is 3.27. The third-order valence-electron chi connectivity index (χ3n) is 7.79. The summed E-state index contributed by atoms with van der Waals surface area (Å²) in [5.74, 6) is 1.27. The minimum Gasteiger partial charge on any atom is -0.451 e. The Bertz CT molecular complexity index is 1210. The van der Waals surface area contributed by atoms with Crippen molar-refractivity contribution in [2.75, 3.05) is 13.1 Å². The summed E-state index contributed by atoms with van der Waals surface area (Å²) in [5.41, 5.74) is 4.21. The number of likely N-dealkylation sites (tertiary alicyclic amines) is 1. The van der Waals surface area contributed by atoms with E-state index in [0.717, 1.165) is 55.3 Å². The number of fused-ring (bicyclic) bond motifs is 2. The van der Waals surface area contributed by atoms with Crippen LogP contribution < -0.4 is 0 Å². The first-order valence-corrected chi connectivity index (χ1v) is 11.6. The Hall–Kier alpha value is -3.21. The first kappa shape index (κ1) is 19.5. The zero-order valence-corrected chi connectivity index (χ0v) is 18.0. The highest BCUT2D eigenvalue weighted by Gasteiger charge is 2.54. The first-order chi connectivity index (χ1) is 15.6. The van der Waals surface area contributed by atoms with Crippen molar-refractivity contribution in [2.24, 2.45) is 11.3 Å². The number of amides is 1. The van der Waals surface area contributed by atoms with E-state index in [1.165, 1.54) is 12.0 Å². The average Bonchev–Trinajstić information content (AvgIpc) is 3.17. The molecule has 3 aliphatic rings. The minimum atomic E-state index is 0.0719. The van der Waals surface area contributed by atoms with Gasteiger partial charge in [0.15, 0.2) is 17.1 Å². The maximum absolute atomic E-state index is 13.1. The second-order valence-electron chi connectivity index (χ2n) is 9.52. The van der Waals surface area contributed by atoms with Crippen LogP contribution in [0.15, 0.2) is 59.3 Å². The lowest BCUT2D eigenvalue weighted by molar-refractivity contribution is -0.126. The van der Waals surface area contributed by atoms with Crippen LogP contribution in [0.3, 0.4) is 0 Å². The Morgan fingerprint density at radius 1 is 1.16 bits per heavy atom. The Morgan fingerprint density at radius 2 is 2.00 bits per heavy atom. The van der Waals surface area contributed by atoms with E-state index >= 15 is 0 Å². The molecule has 1 aromatic carbocycles. The van der Waals surface area contributed by atoms with E-state index in [4.69, 9.17) is 4.42 Å². The molecule has 2 aliphatic carbocycles. The van der Waals surface area contributed by atoms with Gasteiger partial charge in [0.1, 0.15) is 0 Å². The molecule has 1 saturated carbocycles. The number of carbonyl (C=O) groups is 2. The van der Waals surface area contributed by atoms with Crippen molar-refractivity contribution >= 4 is 28.2 Å². The summed E-state index contributed by atoms with van der Waals surface area (Å²) >= 11 is 0. The Kier molecular flexibility index (Phi) is 4.53. The van der Waals surface area contributed by atoms with E-state index in [0.29, 0.717) is 29.1 Å². The minimum absolute atomic E-state index is 0.0719. The van der Waals surface area contributed by atoms with Crippen LogP contribution in [0.1, 0.15) is 53.8 Å². The van der Waals surface area contributed by atoms with Gasteiger partial charge in [0.2, 0.25) is 0 Å². The summed E-state index contributed by atoms with van der Waals surface area (Å²) in [6, 6.07) is 11.9. The van der Waals surface area contributed by atoms with Crippen LogP contribution in [-0.2, 0) is 11.2 Å². The fourth-order valence-corrected chi connectivity index (χ4v) is 5.71. The standard InChI is InChI=1S/C27H26N2O3/c30-23(24-15-19-9-12-28-17-25(19)32-24)8-6-20-16-27(20)10-13-29(14-11-27)26(31)22-7-5-18-3-1-2-4-21(18)22/h1-4,7,9,12,15,17,20H,5-6,8,10-11,13-14,16H2. The topological polar surface area (TPSA) is 63.4 Å². The van der Waals surface area contributed by atoms with Crippen molar-refractivity contribution in [3.8, 4) is 0 Å². The van der Waals surface area contributed by atoms with E-state index in [1.54, 1.807) is 12.4 Å². The molecule has 0 N–H and O–H groups in total. The summed E-state index contributed by atoms with van der Waals surface area (Å²) < 4.78 is 5.67. The van der Waals surface area contributed by atoms with Crippen LogP contribution in [0.4, 0.5) is 0 Å². The molecule has 5 heteroatoms. The van der Waals surface area contributed by atoms with Gasteiger partial charge < -0.3 is 9.32 Å². The van der Waals surface area contributed by atoms with Gasteiger partial charge in [0.25, 0.3) is 5.91 Å². The number of benzene rings is 1. The van der Waals surface area contributed by atoms with Gasteiger partial charge >= 0.3 is 0 Å². The molecular formula is C27H26N2O3. The lowest BCUT2D eigenvalue weighted by Crippen LogP contribution is -2.39. The van der Waals surface area contributed by atoms with E-state index in [9.17, 15) is 9.59 Å². The lowest BCUT2D eigenvalue weighted by Gasteiger charge is -2.33. The maximum Gasteiger partial charge on any atom is 0.254 e. The number of pyridine rings is 1. The molecule has 0 bridgehead atoms. The highest BCUT2D eigenvalue weighted by Crippen LogP contribution is 2.61. The molecular weight excluding hydrogens is 400 g/mol. The fourth-order valence-electron chi connectivity index (χ4n) is 5.71. The number of furan rings is 1. The van der Waals surface area contributed by atoms with Gasteiger partial charge in [-0.3, -0.25) is 14.6 Å². The van der Waals surface area contributed by atoms with E-state index < -0.39 is 0 Å². The van der Waals surface area contributed by atoms with E-state index in [1.807, 2.05) is 29.2 Å². The number of hydrogen-bond acceptors (Lipinski definition) is 4. The van der Waals surface area contributed by atoms with Crippen LogP contribution in [0.25, 0.3) is 16.5 Å². The van der Waals surface area contributed by atoms with Crippen LogP contribution in [-0.4, -0.2) is 34.7 Å². The average molecular weight is 427 g/mol. The van der Waals surface area contributed by atoms with Crippen molar-refractivity contribution < 1.29 is 14.0 Å². The number of aromatic nitrogens is 1. The monoisotopic (exact) mass is 426 g/mol.